The molecule has 0 aliphatic carbocycles. The molecule has 1 unspecified atom stereocenters. The van der Waals surface area contributed by atoms with E-state index in [0.717, 1.165) is 43.5 Å². The second kappa shape index (κ2) is 9.02. The highest BCUT2D eigenvalue weighted by Crippen LogP contribution is 2.31. The summed E-state index contributed by atoms with van der Waals surface area (Å²) in [5.41, 5.74) is -1.15. The molecule has 0 radical (unpaired) electrons. The zero-order valence-electron chi connectivity index (χ0n) is 15.9. The lowest BCUT2D eigenvalue weighted by molar-refractivity contribution is -0.384. The molecule has 3 rings (SSSR count). The molecule has 0 aromatic heterocycles. The zero-order valence-corrected chi connectivity index (χ0v) is 16.7. The quantitative estimate of drug-likeness (QED) is 0.504. The summed E-state index contributed by atoms with van der Waals surface area (Å²) in [6, 6.07) is 6.52. The van der Waals surface area contributed by atoms with Gasteiger partial charge in [-0.25, -0.2) is 17.2 Å². The Hall–Kier alpha value is -2.63. The molecule has 0 saturated carbocycles. The van der Waals surface area contributed by atoms with Gasteiger partial charge in [-0.15, -0.1) is 0 Å². The number of piperidine rings is 1. The lowest BCUT2D eigenvalue weighted by Gasteiger charge is -2.25. The normalized spacial score (nSPS) is 16.2. The molecule has 1 aliphatic rings. The number of benzene rings is 2. The number of halogens is 2. The Balaban J connectivity index is 1.83. The molecule has 0 amide bonds. The van der Waals surface area contributed by atoms with Crippen LogP contribution in [0.1, 0.15) is 30.9 Å². The van der Waals surface area contributed by atoms with Gasteiger partial charge in [0, 0.05) is 25.7 Å². The van der Waals surface area contributed by atoms with E-state index in [9.17, 15) is 32.4 Å². The summed E-state index contributed by atoms with van der Waals surface area (Å²) in [6.45, 7) is 0.296. The zero-order chi connectivity index (χ0) is 21.9. The minimum absolute atomic E-state index is 0.0756. The Morgan fingerprint density at radius 2 is 1.77 bits per heavy atom. The van der Waals surface area contributed by atoms with Gasteiger partial charge in [-0.2, -0.15) is 4.31 Å². The number of hydrogen-bond acceptors (Lipinski definition) is 6. The van der Waals surface area contributed by atoms with Crippen molar-refractivity contribution in [1.82, 2.24) is 4.31 Å². The molecule has 1 heterocycles. The molecule has 2 N–H and O–H groups in total. The second-order valence-electron chi connectivity index (χ2n) is 6.93. The van der Waals surface area contributed by atoms with Crippen molar-refractivity contribution in [3.63, 3.8) is 0 Å². The smallest absolute Gasteiger partial charge is 0.293 e. The van der Waals surface area contributed by atoms with E-state index in [0.29, 0.717) is 13.1 Å². The Bertz CT molecular complexity index is 1020. The Kier molecular flexibility index (Phi) is 6.64. The number of hydrogen-bond donors (Lipinski definition) is 2. The van der Waals surface area contributed by atoms with Gasteiger partial charge in [0.25, 0.3) is 5.69 Å². The van der Waals surface area contributed by atoms with Crippen molar-refractivity contribution in [2.24, 2.45) is 0 Å². The molecule has 1 atom stereocenters. The fourth-order valence-electron chi connectivity index (χ4n) is 3.36. The van der Waals surface area contributed by atoms with E-state index in [-0.39, 0.29) is 10.6 Å². The van der Waals surface area contributed by atoms with E-state index in [2.05, 4.69) is 5.32 Å². The fraction of sp³-hybridized carbons (Fsp3) is 0.368. The Morgan fingerprint density at radius 3 is 2.37 bits per heavy atom. The van der Waals surface area contributed by atoms with Gasteiger partial charge in [0.15, 0.2) is 0 Å². The molecular weight excluding hydrogens is 420 g/mol. The maximum atomic E-state index is 13.8. The number of nitrogens with zero attached hydrogens (tertiary/aromatic N) is 2. The first-order valence-electron chi connectivity index (χ1n) is 9.36. The monoisotopic (exact) mass is 441 g/mol. The summed E-state index contributed by atoms with van der Waals surface area (Å²) in [6.07, 6.45) is 0.777. The van der Waals surface area contributed by atoms with E-state index in [1.165, 1.54) is 16.4 Å². The van der Waals surface area contributed by atoms with Crippen LogP contribution in [-0.4, -0.2) is 42.4 Å². The first kappa shape index (κ1) is 22.1. The Morgan fingerprint density at radius 1 is 1.13 bits per heavy atom. The number of rotatable bonds is 7. The predicted octanol–water partition coefficient (Wildman–Crippen LogP) is 3.19. The fourth-order valence-corrected chi connectivity index (χ4v) is 4.90. The summed E-state index contributed by atoms with van der Waals surface area (Å²) >= 11 is 0. The van der Waals surface area contributed by atoms with Crippen molar-refractivity contribution >= 4 is 21.4 Å². The number of aliphatic hydroxyl groups excluding tert-OH is 1. The van der Waals surface area contributed by atoms with E-state index in [4.69, 9.17) is 0 Å². The van der Waals surface area contributed by atoms with Gasteiger partial charge >= 0.3 is 0 Å². The van der Waals surface area contributed by atoms with E-state index in [1.807, 2.05) is 0 Å². The van der Waals surface area contributed by atoms with E-state index >= 15 is 0 Å². The highest BCUT2D eigenvalue weighted by Gasteiger charge is 2.29. The summed E-state index contributed by atoms with van der Waals surface area (Å²) in [4.78, 5) is 10.5. The van der Waals surface area contributed by atoms with Crippen molar-refractivity contribution in [2.75, 3.05) is 25.0 Å². The summed E-state index contributed by atoms with van der Waals surface area (Å²) in [7, 11) is -3.87. The van der Waals surface area contributed by atoms with Gasteiger partial charge in [-0.3, -0.25) is 10.1 Å². The predicted molar refractivity (Wildman–Crippen MR) is 106 cm³/mol. The largest absolute Gasteiger partial charge is 0.386 e. The minimum atomic E-state index is -3.87. The summed E-state index contributed by atoms with van der Waals surface area (Å²) in [5.74, 6) is -1.89. The van der Waals surface area contributed by atoms with Gasteiger partial charge in [0.2, 0.25) is 10.0 Å². The average molecular weight is 441 g/mol. The lowest BCUT2D eigenvalue weighted by Crippen LogP contribution is -2.35. The molecule has 30 heavy (non-hydrogen) atoms. The van der Waals surface area contributed by atoms with E-state index in [1.54, 1.807) is 0 Å². The maximum absolute atomic E-state index is 13.8. The molecule has 0 bridgehead atoms. The molecule has 1 saturated heterocycles. The standard InChI is InChI=1S/C19H21F2N3O5S/c20-14-5-4-6-15(21)19(14)18(25)12-22-16-8-7-13(11-17(16)24(26)27)30(28,29)23-9-2-1-3-10-23/h4-8,11,18,22,25H,1-3,9-10,12H2. The van der Waals surface area contributed by atoms with Crippen LogP contribution >= 0.6 is 0 Å². The first-order valence-corrected chi connectivity index (χ1v) is 10.8. The van der Waals surface area contributed by atoms with E-state index < -0.39 is 50.5 Å². The number of sulfonamides is 1. The average Bonchev–Trinajstić information content (AvgIpc) is 2.72. The first-order chi connectivity index (χ1) is 14.2. The van der Waals surface area contributed by atoms with Crippen LogP contribution in [-0.2, 0) is 10.0 Å². The van der Waals surface area contributed by atoms with Crippen LogP contribution in [0.15, 0.2) is 41.3 Å². The third kappa shape index (κ3) is 4.58. The van der Waals surface area contributed by atoms with Crippen LogP contribution in [0.25, 0.3) is 0 Å². The molecule has 162 valence electrons. The van der Waals surface area contributed by atoms with Crippen molar-refractivity contribution in [3.05, 3.63) is 63.7 Å². The third-order valence-electron chi connectivity index (χ3n) is 4.94. The van der Waals surface area contributed by atoms with Gasteiger partial charge in [0.1, 0.15) is 23.4 Å². The topological polar surface area (TPSA) is 113 Å². The number of nitro groups is 1. The minimum Gasteiger partial charge on any atom is -0.386 e. The van der Waals surface area contributed by atoms with Gasteiger partial charge in [0.05, 0.1) is 15.4 Å². The van der Waals surface area contributed by atoms with Crippen LogP contribution in [0.5, 0.6) is 0 Å². The number of aliphatic hydroxyl groups is 1. The number of anilines is 1. The molecule has 11 heteroatoms. The van der Waals surface area contributed by atoms with Crippen LogP contribution in [0.2, 0.25) is 0 Å². The van der Waals surface area contributed by atoms with Crippen molar-refractivity contribution in [2.45, 2.75) is 30.3 Å². The van der Waals surface area contributed by atoms with Gasteiger partial charge in [-0.05, 0) is 37.1 Å². The molecule has 1 fully saturated rings. The van der Waals surface area contributed by atoms with Gasteiger partial charge < -0.3 is 10.4 Å². The lowest BCUT2D eigenvalue weighted by atomic mass is 10.1. The maximum Gasteiger partial charge on any atom is 0.293 e. The highest BCUT2D eigenvalue weighted by molar-refractivity contribution is 7.89. The molecule has 2 aromatic rings. The van der Waals surface area contributed by atoms with Crippen LogP contribution in [0.3, 0.4) is 0 Å². The summed E-state index contributed by atoms with van der Waals surface area (Å²) < 4.78 is 54.4. The molecule has 0 spiro atoms. The van der Waals surface area contributed by atoms with Crippen LogP contribution < -0.4 is 5.32 Å². The van der Waals surface area contributed by atoms with Crippen molar-refractivity contribution in [1.29, 1.82) is 0 Å². The summed E-state index contributed by atoms with van der Waals surface area (Å²) in [5, 5.41) is 24.2. The number of nitro benzene ring substituents is 1. The Labute approximate surface area is 172 Å². The second-order valence-corrected chi connectivity index (χ2v) is 8.87. The van der Waals surface area contributed by atoms with Crippen molar-refractivity contribution < 1.29 is 27.2 Å². The van der Waals surface area contributed by atoms with Crippen LogP contribution in [0.4, 0.5) is 20.2 Å². The molecule has 1 aliphatic heterocycles. The van der Waals surface area contributed by atoms with Crippen molar-refractivity contribution in [3.8, 4) is 0 Å². The number of nitrogens with one attached hydrogen (secondary N) is 1. The highest BCUT2D eigenvalue weighted by atomic mass is 32.2. The molecule has 8 nitrogen and oxygen atoms in total. The van der Waals surface area contributed by atoms with Gasteiger partial charge in [-0.1, -0.05) is 12.5 Å². The molecular formula is C19H21F2N3O5S. The SMILES string of the molecule is O=[N+]([O-])c1cc(S(=O)(=O)N2CCCCC2)ccc1NCC(O)c1c(F)cccc1F. The third-order valence-corrected chi connectivity index (χ3v) is 6.83. The van der Waals surface area contributed by atoms with Crippen LogP contribution in [0, 0.1) is 21.7 Å². The molecule has 2 aromatic carbocycles.